The Morgan fingerprint density at radius 1 is 1.13 bits per heavy atom. The maximum Gasteiger partial charge on any atom is 0.0238 e. The maximum absolute atomic E-state index is 2.25. The van der Waals surface area contributed by atoms with Gasteiger partial charge in [0.15, 0.2) is 0 Å². The molecule has 84 valence electrons. The standard InChI is InChI=1S/C13H21NS/c1-13(2,3)15-12-9-7-6-8-11(12)10-14(4)5/h6-9H,10H2,1-5H3. The minimum atomic E-state index is 0.280. The van der Waals surface area contributed by atoms with Crippen molar-refractivity contribution >= 4 is 11.8 Å². The van der Waals surface area contributed by atoms with E-state index in [0.717, 1.165) is 6.54 Å². The first-order valence-corrected chi connectivity index (χ1v) is 6.12. The summed E-state index contributed by atoms with van der Waals surface area (Å²) in [6.45, 7) is 7.78. The molecule has 1 aromatic carbocycles. The van der Waals surface area contributed by atoms with Gasteiger partial charge in [-0.05, 0) is 25.7 Å². The molecule has 0 heterocycles. The number of benzene rings is 1. The van der Waals surface area contributed by atoms with Crippen molar-refractivity contribution in [3.05, 3.63) is 29.8 Å². The van der Waals surface area contributed by atoms with E-state index in [0.29, 0.717) is 0 Å². The topological polar surface area (TPSA) is 3.24 Å². The zero-order valence-electron chi connectivity index (χ0n) is 10.4. The molecule has 2 heteroatoms. The van der Waals surface area contributed by atoms with Gasteiger partial charge in [-0.15, -0.1) is 11.8 Å². The minimum Gasteiger partial charge on any atom is -0.305 e. The van der Waals surface area contributed by atoms with E-state index in [1.165, 1.54) is 10.5 Å². The van der Waals surface area contributed by atoms with Crippen LogP contribution >= 0.6 is 11.8 Å². The molecule has 0 aromatic heterocycles. The Morgan fingerprint density at radius 2 is 1.73 bits per heavy atom. The van der Waals surface area contributed by atoms with Crippen LogP contribution in [0, 0.1) is 0 Å². The summed E-state index contributed by atoms with van der Waals surface area (Å²) in [5, 5.41) is 0. The van der Waals surface area contributed by atoms with Gasteiger partial charge in [-0.3, -0.25) is 0 Å². The Bertz CT molecular complexity index is 313. The zero-order chi connectivity index (χ0) is 11.5. The zero-order valence-corrected chi connectivity index (χ0v) is 11.2. The number of thioether (sulfide) groups is 1. The number of hydrogen-bond donors (Lipinski definition) is 0. The average Bonchev–Trinajstić information content (AvgIpc) is 2.05. The molecule has 0 amide bonds. The van der Waals surface area contributed by atoms with Crippen molar-refractivity contribution in [2.45, 2.75) is 37.0 Å². The second kappa shape index (κ2) is 5.04. The van der Waals surface area contributed by atoms with Crippen LogP contribution in [-0.2, 0) is 6.54 Å². The van der Waals surface area contributed by atoms with Gasteiger partial charge in [-0.25, -0.2) is 0 Å². The molecule has 15 heavy (non-hydrogen) atoms. The summed E-state index contributed by atoms with van der Waals surface area (Å²) in [6.07, 6.45) is 0. The number of rotatable bonds is 3. The van der Waals surface area contributed by atoms with Crippen LogP contribution in [0.1, 0.15) is 26.3 Å². The summed E-state index contributed by atoms with van der Waals surface area (Å²) in [6, 6.07) is 8.67. The summed E-state index contributed by atoms with van der Waals surface area (Å²) >= 11 is 1.94. The van der Waals surface area contributed by atoms with E-state index in [-0.39, 0.29) is 4.75 Å². The van der Waals surface area contributed by atoms with Gasteiger partial charge in [0, 0.05) is 16.2 Å². The summed E-state index contributed by atoms with van der Waals surface area (Å²) in [4.78, 5) is 3.61. The molecular formula is C13H21NS. The highest BCUT2D eigenvalue weighted by Gasteiger charge is 2.14. The lowest BCUT2D eigenvalue weighted by Gasteiger charge is -2.21. The first-order chi connectivity index (χ1) is 6.88. The smallest absolute Gasteiger partial charge is 0.0238 e. The average molecular weight is 223 g/mol. The van der Waals surface area contributed by atoms with Gasteiger partial charge >= 0.3 is 0 Å². The number of hydrogen-bond acceptors (Lipinski definition) is 2. The van der Waals surface area contributed by atoms with Crippen molar-refractivity contribution in [3.63, 3.8) is 0 Å². The Labute approximate surface area is 97.9 Å². The van der Waals surface area contributed by atoms with E-state index < -0.39 is 0 Å². The van der Waals surface area contributed by atoms with Crippen LogP contribution in [0.2, 0.25) is 0 Å². The van der Waals surface area contributed by atoms with Crippen molar-refractivity contribution in [1.82, 2.24) is 4.90 Å². The Hall–Kier alpha value is -0.470. The third-order valence-electron chi connectivity index (χ3n) is 1.88. The second-order valence-electron chi connectivity index (χ2n) is 5.06. The molecule has 1 aromatic rings. The second-order valence-corrected chi connectivity index (χ2v) is 6.93. The van der Waals surface area contributed by atoms with Crippen LogP contribution < -0.4 is 0 Å². The minimum absolute atomic E-state index is 0.280. The summed E-state index contributed by atoms with van der Waals surface area (Å²) in [5.41, 5.74) is 1.42. The van der Waals surface area contributed by atoms with Crippen molar-refractivity contribution in [2.24, 2.45) is 0 Å². The van der Waals surface area contributed by atoms with Gasteiger partial charge in [-0.2, -0.15) is 0 Å². The molecule has 0 aliphatic rings. The molecule has 1 nitrogen and oxygen atoms in total. The lowest BCUT2D eigenvalue weighted by Crippen LogP contribution is -2.13. The van der Waals surface area contributed by atoms with E-state index in [2.05, 4.69) is 64.0 Å². The van der Waals surface area contributed by atoms with Gasteiger partial charge in [0.2, 0.25) is 0 Å². The van der Waals surface area contributed by atoms with Gasteiger partial charge in [0.1, 0.15) is 0 Å². The lowest BCUT2D eigenvalue weighted by molar-refractivity contribution is 0.399. The Balaban J connectivity index is 2.86. The summed E-state index contributed by atoms with van der Waals surface area (Å²) in [5.74, 6) is 0. The Morgan fingerprint density at radius 3 is 2.27 bits per heavy atom. The molecule has 0 radical (unpaired) electrons. The fraction of sp³-hybridized carbons (Fsp3) is 0.538. The molecule has 0 bridgehead atoms. The molecule has 0 unspecified atom stereocenters. The first-order valence-electron chi connectivity index (χ1n) is 5.30. The van der Waals surface area contributed by atoms with Crippen molar-refractivity contribution < 1.29 is 0 Å². The van der Waals surface area contributed by atoms with E-state index in [4.69, 9.17) is 0 Å². The van der Waals surface area contributed by atoms with E-state index in [1.54, 1.807) is 0 Å². The maximum atomic E-state index is 2.25. The van der Waals surface area contributed by atoms with E-state index in [9.17, 15) is 0 Å². The summed E-state index contributed by atoms with van der Waals surface area (Å²) in [7, 11) is 4.22. The third kappa shape index (κ3) is 4.72. The molecule has 0 aliphatic carbocycles. The van der Waals surface area contributed by atoms with Crippen LogP contribution in [0.4, 0.5) is 0 Å². The molecule has 0 saturated heterocycles. The van der Waals surface area contributed by atoms with Crippen LogP contribution in [0.5, 0.6) is 0 Å². The van der Waals surface area contributed by atoms with Crippen LogP contribution in [0.15, 0.2) is 29.2 Å². The lowest BCUT2D eigenvalue weighted by atomic mass is 10.2. The highest BCUT2D eigenvalue weighted by atomic mass is 32.2. The SMILES string of the molecule is CN(C)Cc1ccccc1SC(C)(C)C. The molecule has 0 atom stereocenters. The highest BCUT2D eigenvalue weighted by Crippen LogP contribution is 2.34. The fourth-order valence-electron chi connectivity index (χ4n) is 1.40. The predicted molar refractivity (Wildman–Crippen MR) is 69.4 cm³/mol. The van der Waals surface area contributed by atoms with Crippen LogP contribution in [-0.4, -0.2) is 23.7 Å². The third-order valence-corrected chi connectivity index (χ3v) is 3.11. The monoisotopic (exact) mass is 223 g/mol. The van der Waals surface area contributed by atoms with Crippen molar-refractivity contribution in [3.8, 4) is 0 Å². The fourth-order valence-corrected chi connectivity index (χ4v) is 2.47. The molecule has 0 spiro atoms. The van der Waals surface area contributed by atoms with E-state index >= 15 is 0 Å². The molecule has 0 saturated carbocycles. The normalized spacial score (nSPS) is 12.1. The van der Waals surface area contributed by atoms with E-state index in [1.807, 2.05) is 11.8 Å². The molecule has 1 rings (SSSR count). The van der Waals surface area contributed by atoms with Gasteiger partial charge in [0.25, 0.3) is 0 Å². The Kier molecular flexibility index (Phi) is 4.23. The van der Waals surface area contributed by atoms with Crippen LogP contribution in [0.25, 0.3) is 0 Å². The first kappa shape index (κ1) is 12.6. The molecule has 0 N–H and O–H groups in total. The van der Waals surface area contributed by atoms with Crippen molar-refractivity contribution in [2.75, 3.05) is 14.1 Å². The van der Waals surface area contributed by atoms with Crippen molar-refractivity contribution in [1.29, 1.82) is 0 Å². The van der Waals surface area contributed by atoms with Gasteiger partial charge < -0.3 is 4.90 Å². The quantitative estimate of drug-likeness (QED) is 0.720. The highest BCUT2D eigenvalue weighted by molar-refractivity contribution is 8.00. The molecule has 0 aliphatic heterocycles. The predicted octanol–water partition coefficient (Wildman–Crippen LogP) is 3.64. The summed E-state index contributed by atoms with van der Waals surface area (Å²) < 4.78 is 0.280. The molecular weight excluding hydrogens is 202 g/mol. The molecule has 0 fully saturated rings. The van der Waals surface area contributed by atoms with Gasteiger partial charge in [0.05, 0.1) is 0 Å². The largest absolute Gasteiger partial charge is 0.305 e. The van der Waals surface area contributed by atoms with Gasteiger partial charge in [-0.1, -0.05) is 39.0 Å². The van der Waals surface area contributed by atoms with Crippen LogP contribution in [0.3, 0.4) is 0 Å². The number of nitrogens with zero attached hydrogens (tertiary/aromatic N) is 1.